The molecule has 21 heavy (non-hydrogen) atoms. The Bertz CT molecular complexity index is 722. The van der Waals surface area contributed by atoms with E-state index in [-0.39, 0.29) is 16.3 Å². The van der Waals surface area contributed by atoms with Gasteiger partial charge >= 0.3 is 5.97 Å². The molecule has 0 aliphatic rings. The predicted molar refractivity (Wildman–Crippen MR) is 80.8 cm³/mol. The molecular weight excluding hydrogens is 310 g/mol. The second-order valence-electron chi connectivity index (χ2n) is 4.39. The van der Waals surface area contributed by atoms with Crippen LogP contribution in [0.1, 0.15) is 15.9 Å². The minimum Gasteiger partial charge on any atom is -0.465 e. The lowest BCUT2D eigenvalue weighted by molar-refractivity contribution is 0.0601. The van der Waals surface area contributed by atoms with Crippen molar-refractivity contribution in [2.45, 2.75) is 10.8 Å². The lowest BCUT2D eigenvalue weighted by Gasteiger charge is -2.15. The summed E-state index contributed by atoms with van der Waals surface area (Å²) >= 11 is 1.01. The van der Waals surface area contributed by atoms with Crippen molar-refractivity contribution in [3.8, 4) is 0 Å². The van der Waals surface area contributed by atoms with E-state index in [1.165, 1.54) is 29.9 Å². The Morgan fingerprint density at radius 3 is 2.57 bits per heavy atom. The maximum Gasteiger partial charge on any atom is 0.338 e. The van der Waals surface area contributed by atoms with Crippen LogP contribution >= 0.6 is 11.3 Å². The smallest absolute Gasteiger partial charge is 0.338 e. The van der Waals surface area contributed by atoms with Crippen LogP contribution in [0.4, 0.5) is 0 Å². The van der Waals surface area contributed by atoms with Crippen molar-refractivity contribution in [2.75, 3.05) is 14.2 Å². The molecular formula is C14H15NO4S2. The molecule has 1 heterocycles. The van der Waals surface area contributed by atoms with E-state index in [2.05, 4.69) is 4.74 Å². The van der Waals surface area contributed by atoms with Gasteiger partial charge in [-0.15, -0.1) is 11.3 Å². The van der Waals surface area contributed by atoms with Gasteiger partial charge in [0.05, 0.1) is 12.7 Å². The topological polar surface area (TPSA) is 63.7 Å². The zero-order valence-electron chi connectivity index (χ0n) is 11.6. The highest BCUT2D eigenvalue weighted by Gasteiger charge is 2.24. The van der Waals surface area contributed by atoms with Crippen LogP contribution in [0.3, 0.4) is 0 Å². The molecule has 0 bridgehead atoms. The molecule has 0 atom stereocenters. The lowest BCUT2D eigenvalue weighted by atomic mass is 10.2. The van der Waals surface area contributed by atoms with Crippen molar-refractivity contribution in [1.82, 2.24) is 4.31 Å². The molecule has 0 saturated heterocycles. The Balaban J connectivity index is 2.21. The minimum absolute atomic E-state index is 0.126. The highest BCUT2D eigenvalue weighted by Crippen LogP contribution is 2.24. The number of hydrogen-bond acceptors (Lipinski definition) is 5. The zero-order valence-corrected chi connectivity index (χ0v) is 13.3. The standard InChI is InChI=1S/C14H15NO4S2/c1-15(9-11-6-4-3-5-7-11)21(17,18)13-8-12(10-20-13)14(16)19-2/h3-8,10H,9H2,1-2H3. The summed E-state index contributed by atoms with van der Waals surface area (Å²) in [6.07, 6.45) is 0. The van der Waals surface area contributed by atoms with Gasteiger partial charge in [0, 0.05) is 19.0 Å². The summed E-state index contributed by atoms with van der Waals surface area (Å²) in [6, 6.07) is 10.7. The molecule has 0 spiro atoms. The summed E-state index contributed by atoms with van der Waals surface area (Å²) in [5.41, 5.74) is 1.14. The van der Waals surface area contributed by atoms with Crippen LogP contribution in [0, 0.1) is 0 Å². The fourth-order valence-electron chi connectivity index (χ4n) is 1.76. The van der Waals surface area contributed by atoms with Crippen molar-refractivity contribution in [2.24, 2.45) is 0 Å². The zero-order chi connectivity index (χ0) is 15.5. The summed E-state index contributed by atoms with van der Waals surface area (Å²) < 4.78 is 30.9. The second-order valence-corrected chi connectivity index (χ2v) is 7.58. The summed E-state index contributed by atoms with van der Waals surface area (Å²) in [5, 5.41) is 1.48. The van der Waals surface area contributed by atoms with Crippen LogP contribution < -0.4 is 0 Å². The number of esters is 1. The first-order valence-corrected chi connectivity index (χ1v) is 8.44. The molecule has 0 N–H and O–H groups in total. The molecule has 0 amide bonds. The van der Waals surface area contributed by atoms with Gasteiger partial charge in [-0.25, -0.2) is 13.2 Å². The second kappa shape index (κ2) is 6.38. The molecule has 2 rings (SSSR count). The van der Waals surface area contributed by atoms with E-state index in [0.29, 0.717) is 0 Å². The average molecular weight is 325 g/mol. The number of thiophene rings is 1. The lowest BCUT2D eigenvalue weighted by Crippen LogP contribution is -2.25. The molecule has 0 aliphatic carbocycles. The number of rotatable bonds is 5. The van der Waals surface area contributed by atoms with Crippen LogP contribution in [0.15, 0.2) is 46.0 Å². The van der Waals surface area contributed by atoms with Crippen molar-refractivity contribution in [1.29, 1.82) is 0 Å². The van der Waals surface area contributed by atoms with Crippen LogP contribution in [-0.4, -0.2) is 32.8 Å². The Morgan fingerprint density at radius 1 is 1.29 bits per heavy atom. The van der Waals surface area contributed by atoms with Crippen molar-refractivity contribution >= 4 is 27.3 Å². The average Bonchev–Trinajstić information content (AvgIpc) is 2.98. The van der Waals surface area contributed by atoms with Crippen molar-refractivity contribution < 1.29 is 17.9 Å². The first-order valence-electron chi connectivity index (χ1n) is 6.12. The van der Waals surface area contributed by atoms with Gasteiger partial charge in [0.2, 0.25) is 0 Å². The minimum atomic E-state index is -3.61. The number of methoxy groups -OCH3 is 1. The maximum atomic E-state index is 12.4. The van der Waals surface area contributed by atoms with Gasteiger partial charge in [0.15, 0.2) is 0 Å². The third-order valence-electron chi connectivity index (χ3n) is 2.91. The Morgan fingerprint density at radius 2 is 1.95 bits per heavy atom. The Hall–Kier alpha value is -1.70. The highest BCUT2D eigenvalue weighted by atomic mass is 32.2. The predicted octanol–water partition coefficient (Wildman–Crippen LogP) is 2.36. The van der Waals surface area contributed by atoms with Gasteiger partial charge in [-0.1, -0.05) is 30.3 Å². The van der Waals surface area contributed by atoms with E-state index in [4.69, 9.17) is 0 Å². The quantitative estimate of drug-likeness (QED) is 0.792. The van der Waals surface area contributed by atoms with Gasteiger partial charge in [0.1, 0.15) is 4.21 Å². The van der Waals surface area contributed by atoms with E-state index < -0.39 is 16.0 Å². The molecule has 0 radical (unpaired) electrons. The van der Waals surface area contributed by atoms with Gasteiger partial charge in [0.25, 0.3) is 10.0 Å². The van der Waals surface area contributed by atoms with Crippen LogP contribution in [0.5, 0.6) is 0 Å². The fraction of sp³-hybridized carbons (Fsp3) is 0.214. The number of carbonyl (C=O) groups is 1. The normalized spacial score (nSPS) is 11.6. The molecule has 112 valence electrons. The van der Waals surface area contributed by atoms with Gasteiger partial charge < -0.3 is 4.74 Å². The largest absolute Gasteiger partial charge is 0.465 e. The molecule has 5 nitrogen and oxygen atoms in total. The molecule has 1 aromatic carbocycles. The monoisotopic (exact) mass is 325 g/mol. The number of carbonyl (C=O) groups excluding carboxylic acids is 1. The van der Waals surface area contributed by atoms with E-state index >= 15 is 0 Å². The van der Waals surface area contributed by atoms with E-state index in [1.807, 2.05) is 30.3 Å². The Labute approximate surface area is 127 Å². The molecule has 2 aromatic rings. The molecule has 0 saturated carbocycles. The van der Waals surface area contributed by atoms with E-state index in [1.54, 1.807) is 0 Å². The van der Waals surface area contributed by atoms with Crippen LogP contribution in [0.2, 0.25) is 0 Å². The number of nitrogens with zero attached hydrogens (tertiary/aromatic N) is 1. The number of sulfonamides is 1. The number of ether oxygens (including phenoxy) is 1. The summed E-state index contributed by atoms with van der Waals surface area (Å²) in [6.45, 7) is 0.272. The molecule has 0 fully saturated rings. The molecule has 1 aromatic heterocycles. The van der Waals surface area contributed by atoms with Crippen LogP contribution in [-0.2, 0) is 21.3 Å². The van der Waals surface area contributed by atoms with Crippen molar-refractivity contribution in [3.05, 3.63) is 52.9 Å². The summed E-state index contributed by atoms with van der Waals surface area (Å²) in [7, 11) is -0.841. The van der Waals surface area contributed by atoms with Gasteiger partial charge in [-0.3, -0.25) is 0 Å². The first kappa shape index (κ1) is 15.7. The molecule has 0 aliphatic heterocycles. The third-order valence-corrected chi connectivity index (χ3v) is 6.13. The van der Waals surface area contributed by atoms with Gasteiger partial charge in [-0.2, -0.15) is 4.31 Å². The summed E-state index contributed by atoms with van der Waals surface area (Å²) in [5.74, 6) is -0.543. The van der Waals surface area contributed by atoms with Crippen molar-refractivity contribution in [3.63, 3.8) is 0 Å². The van der Waals surface area contributed by atoms with E-state index in [9.17, 15) is 13.2 Å². The number of benzene rings is 1. The van der Waals surface area contributed by atoms with Crippen LogP contribution in [0.25, 0.3) is 0 Å². The van der Waals surface area contributed by atoms with Gasteiger partial charge in [-0.05, 0) is 11.6 Å². The SMILES string of the molecule is COC(=O)c1csc(S(=O)(=O)N(C)Cc2ccccc2)c1. The Kier molecular flexibility index (Phi) is 4.76. The molecule has 0 unspecified atom stereocenters. The van der Waals surface area contributed by atoms with E-state index in [0.717, 1.165) is 16.9 Å². The maximum absolute atomic E-state index is 12.4. The number of hydrogen-bond donors (Lipinski definition) is 0. The highest BCUT2D eigenvalue weighted by molar-refractivity contribution is 7.91. The fourth-order valence-corrected chi connectivity index (χ4v) is 4.27. The third kappa shape index (κ3) is 3.49. The first-order chi connectivity index (χ1) is 9.95. The summed E-state index contributed by atoms with van der Waals surface area (Å²) in [4.78, 5) is 11.4. The molecule has 7 heteroatoms.